The number of anilines is 1. The number of amides is 1. The van der Waals surface area contributed by atoms with Gasteiger partial charge in [0, 0.05) is 13.1 Å². The molecule has 6 nitrogen and oxygen atoms in total. The number of nitrogens with zero attached hydrogens (tertiary/aromatic N) is 3. The lowest BCUT2D eigenvalue weighted by atomic mass is 9.90. The Bertz CT molecular complexity index is 848. The number of carbonyl (C=O) groups excluding carboxylic acids is 1. The first kappa shape index (κ1) is 21.2. The molecule has 3 rings (SSSR count). The quantitative estimate of drug-likeness (QED) is 0.765. The van der Waals surface area contributed by atoms with Gasteiger partial charge < -0.3 is 15.0 Å². The van der Waals surface area contributed by atoms with Gasteiger partial charge in [-0.1, -0.05) is 30.7 Å². The van der Waals surface area contributed by atoms with Crippen LogP contribution >= 0.6 is 11.6 Å². The maximum absolute atomic E-state index is 13.1. The lowest BCUT2D eigenvalue weighted by molar-refractivity contribution is -0.274. The Kier molecular flexibility index (Phi) is 6.46. The summed E-state index contributed by atoms with van der Waals surface area (Å²) in [7, 11) is 0. The summed E-state index contributed by atoms with van der Waals surface area (Å²) < 4.78 is 42.2. The second-order valence-electron chi connectivity index (χ2n) is 6.84. The first-order valence-corrected chi connectivity index (χ1v) is 9.49. The summed E-state index contributed by atoms with van der Waals surface area (Å²) in [5.41, 5.74) is -0.119. The number of likely N-dealkylation sites (tertiary alicyclic amines) is 1. The summed E-state index contributed by atoms with van der Waals surface area (Å²) in [6.07, 6.45) is -0.302. The number of benzene rings is 1. The van der Waals surface area contributed by atoms with E-state index in [1.165, 1.54) is 30.6 Å². The Morgan fingerprint density at radius 2 is 2.00 bits per heavy atom. The Morgan fingerprint density at radius 3 is 2.69 bits per heavy atom. The summed E-state index contributed by atoms with van der Waals surface area (Å²) >= 11 is 5.78. The molecule has 0 bridgehead atoms. The van der Waals surface area contributed by atoms with E-state index in [0.29, 0.717) is 24.1 Å². The molecule has 0 spiro atoms. The molecule has 0 aliphatic carbocycles. The Labute approximate surface area is 171 Å². The normalized spacial score (nSPS) is 19.7. The zero-order chi connectivity index (χ0) is 21.0. The van der Waals surface area contributed by atoms with Gasteiger partial charge in [0.15, 0.2) is 0 Å². The van der Waals surface area contributed by atoms with Gasteiger partial charge in [0.2, 0.25) is 5.95 Å². The van der Waals surface area contributed by atoms with E-state index in [9.17, 15) is 18.0 Å². The van der Waals surface area contributed by atoms with Gasteiger partial charge in [-0.25, -0.2) is 9.97 Å². The van der Waals surface area contributed by atoms with E-state index in [-0.39, 0.29) is 17.5 Å². The van der Waals surface area contributed by atoms with Crippen LogP contribution in [0.4, 0.5) is 19.1 Å². The number of carbonyl (C=O) groups is 1. The van der Waals surface area contributed by atoms with Crippen molar-refractivity contribution in [3.05, 3.63) is 47.2 Å². The molecule has 1 aromatic carbocycles. The molecule has 1 N–H and O–H groups in total. The summed E-state index contributed by atoms with van der Waals surface area (Å²) in [4.78, 5) is 22.8. The molecule has 0 radical (unpaired) electrons. The van der Waals surface area contributed by atoms with Gasteiger partial charge in [-0.2, -0.15) is 0 Å². The van der Waals surface area contributed by atoms with E-state index in [4.69, 9.17) is 11.6 Å². The van der Waals surface area contributed by atoms with E-state index in [0.717, 1.165) is 18.9 Å². The molecule has 0 saturated carbocycles. The minimum atomic E-state index is -4.88. The summed E-state index contributed by atoms with van der Waals surface area (Å²) in [6, 6.07) is 5.15. The molecule has 1 fully saturated rings. The van der Waals surface area contributed by atoms with Crippen LogP contribution in [-0.4, -0.2) is 46.3 Å². The monoisotopic (exact) mass is 428 g/mol. The predicted molar refractivity (Wildman–Crippen MR) is 102 cm³/mol. The van der Waals surface area contributed by atoms with Crippen LogP contribution in [-0.2, 0) is 0 Å². The predicted octanol–water partition coefficient (Wildman–Crippen LogP) is 4.38. The van der Waals surface area contributed by atoms with Crippen LogP contribution in [0.5, 0.6) is 5.75 Å². The number of piperidine rings is 1. The van der Waals surface area contributed by atoms with E-state index in [2.05, 4.69) is 20.0 Å². The fraction of sp³-hybridized carbons (Fsp3) is 0.421. The summed E-state index contributed by atoms with van der Waals surface area (Å²) in [5, 5.41) is 3.48. The van der Waals surface area contributed by atoms with E-state index in [1.54, 1.807) is 4.90 Å². The zero-order valence-electron chi connectivity index (χ0n) is 15.6. The van der Waals surface area contributed by atoms with Gasteiger partial charge in [-0.05, 0) is 30.9 Å². The van der Waals surface area contributed by atoms with Crippen LogP contribution in [0.2, 0.25) is 5.02 Å². The number of nitrogens with one attached hydrogen (secondary N) is 1. The van der Waals surface area contributed by atoms with Crippen molar-refractivity contribution in [1.29, 1.82) is 0 Å². The molecule has 1 aliphatic rings. The third-order valence-electron chi connectivity index (χ3n) is 4.81. The molecule has 2 atom stereocenters. The summed E-state index contributed by atoms with van der Waals surface area (Å²) in [5.74, 6) is -0.500. The van der Waals surface area contributed by atoms with Crippen LogP contribution in [0.25, 0.3) is 0 Å². The average Bonchev–Trinajstić information content (AvgIpc) is 2.67. The number of halogens is 4. The van der Waals surface area contributed by atoms with E-state index >= 15 is 0 Å². The van der Waals surface area contributed by atoms with Crippen molar-refractivity contribution in [1.82, 2.24) is 14.9 Å². The standard InChI is InChI=1S/C19H20ClF3N4O2/c1-12-5-4-8-27(15(12)11-26-18-24-9-13(20)10-25-18)17(28)14-6-2-3-7-16(14)29-19(21,22)23/h2-3,6-7,9-10,12,15H,4-5,8,11H2,1H3,(H,24,25,26). The van der Waals surface area contributed by atoms with Gasteiger partial charge in [-0.15, -0.1) is 13.2 Å². The van der Waals surface area contributed by atoms with Crippen molar-refractivity contribution < 1.29 is 22.7 Å². The highest BCUT2D eigenvalue weighted by atomic mass is 35.5. The molecule has 2 unspecified atom stereocenters. The molecule has 1 saturated heterocycles. The van der Waals surface area contributed by atoms with Crippen LogP contribution < -0.4 is 10.1 Å². The highest BCUT2D eigenvalue weighted by molar-refractivity contribution is 6.30. The number of ether oxygens (including phenoxy) is 1. The maximum Gasteiger partial charge on any atom is 0.573 e. The topological polar surface area (TPSA) is 67.3 Å². The van der Waals surface area contributed by atoms with Crippen molar-refractivity contribution >= 4 is 23.5 Å². The van der Waals surface area contributed by atoms with Crippen LogP contribution in [0.15, 0.2) is 36.7 Å². The zero-order valence-corrected chi connectivity index (χ0v) is 16.4. The smallest absolute Gasteiger partial charge is 0.405 e. The number of alkyl halides is 3. The van der Waals surface area contributed by atoms with Gasteiger partial charge in [0.1, 0.15) is 5.75 Å². The molecule has 2 aromatic rings. The maximum atomic E-state index is 13.1. The molecule has 1 aliphatic heterocycles. The highest BCUT2D eigenvalue weighted by Crippen LogP contribution is 2.30. The van der Waals surface area contributed by atoms with Gasteiger partial charge >= 0.3 is 6.36 Å². The minimum absolute atomic E-state index is 0.119. The van der Waals surface area contributed by atoms with Crippen molar-refractivity contribution in [3.63, 3.8) is 0 Å². The molecule has 1 amide bonds. The van der Waals surface area contributed by atoms with Crippen LogP contribution in [0, 0.1) is 5.92 Å². The average molecular weight is 429 g/mol. The Balaban J connectivity index is 1.79. The van der Waals surface area contributed by atoms with Crippen molar-refractivity contribution in [2.24, 2.45) is 5.92 Å². The lowest BCUT2D eigenvalue weighted by Gasteiger charge is -2.40. The van der Waals surface area contributed by atoms with Gasteiger partial charge in [0.05, 0.1) is 29.0 Å². The van der Waals surface area contributed by atoms with Crippen molar-refractivity contribution in [3.8, 4) is 5.75 Å². The first-order valence-electron chi connectivity index (χ1n) is 9.12. The Hall–Kier alpha value is -2.55. The van der Waals surface area contributed by atoms with Crippen LogP contribution in [0.1, 0.15) is 30.1 Å². The first-order chi connectivity index (χ1) is 13.7. The molecule has 29 heavy (non-hydrogen) atoms. The minimum Gasteiger partial charge on any atom is -0.405 e. The molecular weight excluding hydrogens is 409 g/mol. The molecule has 2 heterocycles. The molecule has 1 aromatic heterocycles. The van der Waals surface area contributed by atoms with Gasteiger partial charge in [0.25, 0.3) is 5.91 Å². The summed E-state index contributed by atoms with van der Waals surface area (Å²) in [6.45, 7) is 2.81. The highest BCUT2D eigenvalue weighted by Gasteiger charge is 2.36. The van der Waals surface area contributed by atoms with Gasteiger partial charge in [-0.3, -0.25) is 4.79 Å². The molecule has 156 valence electrons. The number of rotatable bonds is 5. The lowest BCUT2D eigenvalue weighted by Crippen LogP contribution is -2.51. The Morgan fingerprint density at radius 1 is 1.31 bits per heavy atom. The second kappa shape index (κ2) is 8.86. The third kappa shape index (κ3) is 5.50. The third-order valence-corrected chi connectivity index (χ3v) is 5.00. The van der Waals surface area contributed by atoms with Crippen LogP contribution in [0.3, 0.4) is 0 Å². The fourth-order valence-electron chi connectivity index (χ4n) is 3.42. The second-order valence-corrected chi connectivity index (χ2v) is 7.27. The number of hydrogen-bond acceptors (Lipinski definition) is 5. The van der Waals surface area contributed by atoms with E-state index in [1.807, 2.05) is 6.92 Å². The largest absolute Gasteiger partial charge is 0.573 e. The van der Waals surface area contributed by atoms with Crippen molar-refractivity contribution in [2.75, 3.05) is 18.4 Å². The van der Waals surface area contributed by atoms with Crippen molar-refractivity contribution in [2.45, 2.75) is 32.2 Å². The SMILES string of the molecule is CC1CCCN(C(=O)c2ccccc2OC(F)(F)F)C1CNc1ncc(Cl)cn1. The molecular formula is C19H20ClF3N4O2. The van der Waals surface area contributed by atoms with E-state index < -0.39 is 18.0 Å². The molecule has 10 heteroatoms. The number of hydrogen-bond donors (Lipinski definition) is 1. The number of aromatic nitrogens is 2. The number of para-hydroxylation sites is 1. The fourth-order valence-corrected chi connectivity index (χ4v) is 3.52.